The monoisotopic (exact) mass is 305 g/mol. The Kier molecular flexibility index (Phi) is 4.54. The van der Waals surface area contributed by atoms with Gasteiger partial charge >= 0.3 is 0 Å². The van der Waals surface area contributed by atoms with Gasteiger partial charge in [-0.2, -0.15) is 0 Å². The minimum Gasteiger partial charge on any atom is -0.356 e. The maximum atomic E-state index is 10.8. The maximum absolute atomic E-state index is 10.8. The van der Waals surface area contributed by atoms with Gasteiger partial charge in [0.2, 0.25) is 0 Å². The number of aryl methyl sites for hydroxylation is 1. The molecule has 3 heterocycles. The van der Waals surface area contributed by atoms with Crippen molar-refractivity contribution in [3.63, 3.8) is 0 Å². The average molecular weight is 305 g/mol. The van der Waals surface area contributed by atoms with E-state index in [1.54, 1.807) is 6.07 Å². The molecule has 1 N–H and O–H groups in total. The molecule has 3 rings (SSSR count). The molecule has 2 saturated heterocycles. The predicted molar refractivity (Wildman–Crippen MR) is 85.3 cm³/mol. The van der Waals surface area contributed by atoms with Crippen molar-refractivity contribution in [2.45, 2.75) is 25.8 Å². The normalized spacial score (nSPS) is 21.0. The Hall–Kier alpha value is -1.73. The maximum Gasteiger partial charge on any atom is 0.287 e. The highest BCUT2D eigenvalue weighted by molar-refractivity contribution is 5.50. The summed E-state index contributed by atoms with van der Waals surface area (Å²) < 4.78 is 0. The van der Waals surface area contributed by atoms with E-state index in [2.05, 4.69) is 20.1 Å². The van der Waals surface area contributed by atoms with Crippen LogP contribution in [0.25, 0.3) is 0 Å². The molecule has 1 aromatic rings. The van der Waals surface area contributed by atoms with Crippen molar-refractivity contribution < 1.29 is 4.92 Å². The van der Waals surface area contributed by atoms with E-state index in [9.17, 15) is 10.1 Å². The Morgan fingerprint density at radius 3 is 2.55 bits per heavy atom. The van der Waals surface area contributed by atoms with Gasteiger partial charge < -0.3 is 10.2 Å². The lowest BCUT2D eigenvalue weighted by atomic mass is 10.0. The van der Waals surface area contributed by atoms with Crippen molar-refractivity contribution in [2.75, 3.05) is 44.2 Å². The summed E-state index contributed by atoms with van der Waals surface area (Å²) in [5.41, 5.74) is 0.951. The number of aromatic nitrogens is 1. The van der Waals surface area contributed by atoms with E-state index in [1.807, 2.05) is 6.92 Å². The summed E-state index contributed by atoms with van der Waals surface area (Å²) in [6, 6.07) is 2.28. The molecule has 7 nitrogen and oxygen atoms in total. The lowest BCUT2D eigenvalue weighted by Gasteiger charge is -2.41. The summed E-state index contributed by atoms with van der Waals surface area (Å²) in [7, 11) is 0. The number of nitrogens with zero attached hydrogens (tertiary/aromatic N) is 4. The fraction of sp³-hybridized carbons (Fsp3) is 0.667. The van der Waals surface area contributed by atoms with Crippen LogP contribution in [0.5, 0.6) is 0 Å². The smallest absolute Gasteiger partial charge is 0.287 e. The summed E-state index contributed by atoms with van der Waals surface area (Å²) in [5, 5.41) is 14.2. The Bertz CT molecular complexity index is 537. The van der Waals surface area contributed by atoms with Crippen LogP contribution in [0.3, 0.4) is 0 Å². The van der Waals surface area contributed by atoms with Crippen LogP contribution in [0.1, 0.15) is 18.4 Å². The third-order valence-electron chi connectivity index (χ3n) is 4.68. The molecule has 0 radical (unpaired) electrons. The lowest BCUT2D eigenvalue weighted by molar-refractivity contribution is -0.385. The van der Waals surface area contributed by atoms with E-state index >= 15 is 0 Å². The molecule has 0 amide bonds. The van der Waals surface area contributed by atoms with Crippen molar-refractivity contribution in [2.24, 2.45) is 0 Å². The second kappa shape index (κ2) is 6.58. The number of rotatable bonds is 3. The van der Waals surface area contributed by atoms with E-state index in [4.69, 9.17) is 0 Å². The van der Waals surface area contributed by atoms with Crippen LogP contribution in [-0.4, -0.2) is 60.1 Å². The van der Waals surface area contributed by atoms with Gasteiger partial charge in [-0.3, -0.25) is 15.0 Å². The van der Waals surface area contributed by atoms with Crippen molar-refractivity contribution in [1.29, 1.82) is 0 Å². The third-order valence-corrected chi connectivity index (χ3v) is 4.68. The van der Waals surface area contributed by atoms with Gasteiger partial charge in [0.25, 0.3) is 5.69 Å². The minimum atomic E-state index is -0.388. The molecule has 0 bridgehead atoms. The van der Waals surface area contributed by atoms with Gasteiger partial charge in [0.05, 0.1) is 4.92 Å². The number of anilines is 1. The van der Waals surface area contributed by atoms with Gasteiger partial charge in [0.15, 0.2) is 0 Å². The van der Waals surface area contributed by atoms with Crippen LogP contribution in [0.4, 0.5) is 11.5 Å². The highest BCUT2D eigenvalue weighted by Gasteiger charge is 2.26. The fourth-order valence-electron chi connectivity index (χ4n) is 3.47. The zero-order chi connectivity index (χ0) is 15.5. The SMILES string of the molecule is Cc1cc([N+](=O)[O-])cnc1N1CCC(N2CCNCC2)CC1. The first-order chi connectivity index (χ1) is 10.6. The molecular formula is C15H23N5O2. The molecule has 0 aromatic carbocycles. The quantitative estimate of drug-likeness (QED) is 0.667. The largest absolute Gasteiger partial charge is 0.356 e. The fourth-order valence-corrected chi connectivity index (χ4v) is 3.47. The van der Waals surface area contributed by atoms with Gasteiger partial charge in [-0.25, -0.2) is 4.98 Å². The first-order valence-corrected chi connectivity index (χ1v) is 7.96. The van der Waals surface area contributed by atoms with Gasteiger partial charge in [-0.1, -0.05) is 0 Å². The van der Waals surface area contributed by atoms with Crippen LogP contribution >= 0.6 is 0 Å². The Morgan fingerprint density at radius 2 is 1.95 bits per heavy atom. The van der Waals surface area contributed by atoms with Gasteiger partial charge in [-0.15, -0.1) is 0 Å². The van der Waals surface area contributed by atoms with Crippen molar-refractivity contribution in [1.82, 2.24) is 15.2 Å². The molecule has 22 heavy (non-hydrogen) atoms. The Labute approximate surface area is 130 Å². The van der Waals surface area contributed by atoms with Crippen molar-refractivity contribution >= 4 is 11.5 Å². The Morgan fingerprint density at radius 1 is 1.27 bits per heavy atom. The second-order valence-corrected chi connectivity index (χ2v) is 6.10. The first kappa shape index (κ1) is 15.2. The summed E-state index contributed by atoms with van der Waals surface area (Å²) in [4.78, 5) is 19.6. The molecular weight excluding hydrogens is 282 g/mol. The summed E-state index contributed by atoms with van der Waals surface area (Å²) in [5.74, 6) is 0.893. The second-order valence-electron chi connectivity index (χ2n) is 6.10. The number of pyridine rings is 1. The summed E-state index contributed by atoms with van der Waals surface area (Å²) >= 11 is 0. The molecule has 120 valence electrons. The lowest BCUT2D eigenvalue weighted by Crippen LogP contribution is -2.52. The number of nitrogens with one attached hydrogen (secondary N) is 1. The van der Waals surface area contributed by atoms with E-state index in [0.717, 1.165) is 63.5 Å². The standard InChI is InChI=1S/C15H23N5O2/c1-12-10-14(20(21)22)11-17-15(12)19-6-2-13(3-7-19)18-8-4-16-5-9-18/h10-11,13,16H,2-9H2,1H3. The van der Waals surface area contributed by atoms with E-state index in [1.165, 1.54) is 6.20 Å². The van der Waals surface area contributed by atoms with Gasteiger partial charge in [0.1, 0.15) is 12.0 Å². The number of piperidine rings is 1. The molecule has 2 fully saturated rings. The molecule has 0 unspecified atom stereocenters. The molecule has 0 saturated carbocycles. The predicted octanol–water partition coefficient (Wildman–Crippen LogP) is 1.17. The van der Waals surface area contributed by atoms with Crippen molar-refractivity contribution in [3.8, 4) is 0 Å². The molecule has 0 aliphatic carbocycles. The van der Waals surface area contributed by atoms with Crippen LogP contribution in [0, 0.1) is 17.0 Å². The number of hydrogen-bond donors (Lipinski definition) is 1. The molecule has 7 heteroatoms. The molecule has 0 atom stereocenters. The molecule has 0 spiro atoms. The molecule has 1 aromatic heterocycles. The van der Waals surface area contributed by atoms with Gasteiger partial charge in [-0.05, 0) is 25.3 Å². The van der Waals surface area contributed by atoms with Crippen LogP contribution in [0.2, 0.25) is 0 Å². The van der Waals surface area contributed by atoms with E-state index in [-0.39, 0.29) is 10.6 Å². The Balaban J connectivity index is 1.62. The third kappa shape index (κ3) is 3.20. The highest BCUT2D eigenvalue weighted by atomic mass is 16.6. The zero-order valence-corrected chi connectivity index (χ0v) is 13.0. The van der Waals surface area contributed by atoms with Crippen LogP contribution < -0.4 is 10.2 Å². The topological polar surface area (TPSA) is 74.5 Å². The summed E-state index contributed by atoms with van der Waals surface area (Å²) in [6.07, 6.45) is 3.64. The number of piperazine rings is 1. The minimum absolute atomic E-state index is 0.0666. The first-order valence-electron chi connectivity index (χ1n) is 7.96. The zero-order valence-electron chi connectivity index (χ0n) is 13.0. The number of hydrogen-bond acceptors (Lipinski definition) is 6. The van der Waals surface area contributed by atoms with Gasteiger partial charge in [0, 0.05) is 51.4 Å². The highest BCUT2D eigenvalue weighted by Crippen LogP contribution is 2.26. The molecule has 2 aliphatic rings. The number of nitro groups is 1. The average Bonchev–Trinajstić information content (AvgIpc) is 2.56. The van der Waals surface area contributed by atoms with Crippen molar-refractivity contribution in [3.05, 3.63) is 27.9 Å². The van der Waals surface area contributed by atoms with E-state index in [0.29, 0.717) is 6.04 Å². The van der Waals surface area contributed by atoms with Crippen LogP contribution in [-0.2, 0) is 0 Å². The van der Waals surface area contributed by atoms with Crippen LogP contribution in [0.15, 0.2) is 12.3 Å². The van der Waals surface area contributed by atoms with E-state index < -0.39 is 0 Å². The molecule has 2 aliphatic heterocycles. The summed E-state index contributed by atoms with van der Waals surface area (Å²) in [6.45, 7) is 8.30.